The molecule has 0 aromatic heterocycles. The Labute approximate surface area is 77.7 Å². The van der Waals surface area contributed by atoms with Crippen LogP contribution in [0.5, 0.6) is 0 Å². The Hall–Kier alpha value is -0.930. The second-order valence-electron chi connectivity index (χ2n) is 3.05. The molecule has 0 aliphatic carbocycles. The van der Waals surface area contributed by atoms with Crippen LogP contribution in [0.1, 0.15) is 16.7 Å². The summed E-state index contributed by atoms with van der Waals surface area (Å²) in [6, 6.07) is 3.37. The molecule has 0 saturated heterocycles. The van der Waals surface area contributed by atoms with E-state index in [9.17, 15) is 4.39 Å². The van der Waals surface area contributed by atoms with E-state index in [4.69, 9.17) is 4.84 Å². The fraction of sp³-hybridized carbons (Fsp3) is 0.400. The number of rotatable bonds is 3. The molecule has 0 atom stereocenters. The average Bonchev–Trinajstić information content (AvgIpc) is 2.09. The molecule has 1 rings (SSSR count). The highest BCUT2D eigenvalue weighted by Crippen LogP contribution is 2.14. The molecule has 0 bridgehead atoms. The maximum absolute atomic E-state index is 13.0. The summed E-state index contributed by atoms with van der Waals surface area (Å²) in [5, 5.41) is 0. The molecule has 1 aromatic rings. The molecule has 0 unspecified atom stereocenters. The zero-order valence-electron chi connectivity index (χ0n) is 8.15. The van der Waals surface area contributed by atoms with Gasteiger partial charge in [0.2, 0.25) is 0 Å². The maximum atomic E-state index is 13.0. The van der Waals surface area contributed by atoms with Crippen molar-refractivity contribution in [1.82, 2.24) is 5.48 Å². The molecular weight excluding hydrogens is 169 g/mol. The van der Waals surface area contributed by atoms with Crippen molar-refractivity contribution in [3.05, 3.63) is 34.6 Å². The van der Waals surface area contributed by atoms with Crippen LogP contribution in [0.15, 0.2) is 12.1 Å². The number of hydroxylamine groups is 1. The third kappa shape index (κ3) is 2.50. The molecule has 0 radical (unpaired) electrons. The lowest BCUT2D eigenvalue weighted by Crippen LogP contribution is -2.12. The van der Waals surface area contributed by atoms with Gasteiger partial charge in [0.05, 0.1) is 7.11 Å². The zero-order valence-corrected chi connectivity index (χ0v) is 8.15. The average molecular weight is 183 g/mol. The van der Waals surface area contributed by atoms with Crippen LogP contribution in [0.25, 0.3) is 0 Å². The summed E-state index contributed by atoms with van der Waals surface area (Å²) in [5.74, 6) is -0.154. The fourth-order valence-corrected chi connectivity index (χ4v) is 1.18. The molecule has 0 heterocycles. The summed E-state index contributed by atoms with van der Waals surface area (Å²) in [4.78, 5) is 4.73. The predicted molar refractivity (Wildman–Crippen MR) is 49.7 cm³/mol. The van der Waals surface area contributed by atoms with Gasteiger partial charge in [-0.3, -0.25) is 0 Å². The minimum Gasteiger partial charge on any atom is -0.305 e. The van der Waals surface area contributed by atoms with Gasteiger partial charge in [-0.15, -0.1) is 0 Å². The summed E-state index contributed by atoms with van der Waals surface area (Å²) in [6.07, 6.45) is 0. The Bertz CT molecular complexity index is 299. The summed E-state index contributed by atoms with van der Waals surface area (Å²) in [6.45, 7) is 4.24. The van der Waals surface area contributed by atoms with E-state index in [0.29, 0.717) is 12.1 Å². The molecule has 0 aliphatic heterocycles. The molecule has 72 valence electrons. The topological polar surface area (TPSA) is 21.3 Å². The van der Waals surface area contributed by atoms with Crippen LogP contribution in [-0.2, 0) is 11.4 Å². The summed E-state index contributed by atoms with van der Waals surface area (Å²) in [5.41, 5.74) is 5.39. The van der Waals surface area contributed by atoms with Crippen LogP contribution >= 0.6 is 0 Å². The van der Waals surface area contributed by atoms with Crippen molar-refractivity contribution in [2.45, 2.75) is 20.4 Å². The Kier molecular flexibility index (Phi) is 3.39. The van der Waals surface area contributed by atoms with Crippen LogP contribution < -0.4 is 5.48 Å². The van der Waals surface area contributed by atoms with Crippen LogP contribution in [0.3, 0.4) is 0 Å². The lowest BCUT2D eigenvalue weighted by Gasteiger charge is -2.07. The molecule has 0 amide bonds. The number of hydrogen-bond acceptors (Lipinski definition) is 2. The number of hydrogen-bond donors (Lipinski definition) is 1. The minimum atomic E-state index is -0.154. The normalized spacial score (nSPS) is 10.5. The number of aryl methyl sites for hydroxylation is 2. The van der Waals surface area contributed by atoms with Gasteiger partial charge in [-0.2, -0.15) is 5.48 Å². The van der Waals surface area contributed by atoms with E-state index >= 15 is 0 Å². The molecule has 2 nitrogen and oxygen atoms in total. The van der Waals surface area contributed by atoms with Crippen molar-refractivity contribution in [1.29, 1.82) is 0 Å². The highest BCUT2D eigenvalue weighted by Gasteiger charge is 2.03. The monoisotopic (exact) mass is 183 g/mol. The van der Waals surface area contributed by atoms with Gasteiger partial charge in [0.15, 0.2) is 0 Å². The first-order valence-electron chi connectivity index (χ1n) is 4.16. The molecule has 0 aliphatic rings. The lowest BCUT2D eigenvalue weighted by atomic mass is 10.1. The molecular formula is C10H14FNO. The zero-order chi connectivity index (χ0) is 9.84. The van der Waals surface area contributed by atoms with Crippen molar-refractivity contribution in [3.8, 4) is 0 Å². The number of nitrogens with one attached hydrogen (secondary N) is 1. The Morgan fingerprint density at radius 1 is 1.31 bits per heavy atom. The molecule has 0 spiro atoms. The Balaban J connectivity index is 2.88. The lowest BCUT2D eigenvalue weighted by molar-refractivity contribution is 0.0865. The Morgan fingerprint density at radius 2 is 2.00 bits per heavy atom. The predicted octanol–water partition coefficient (Wildman–Crippen LogP) is 2.09. The molecule has 3 heteroatoms. The van der Waals surface area contributed by atoms with Gasteiger partial charge >= 0.3 is 0 Å². The second kappa shape index (κ2) is 4.35. The Morgan fingerprint density at radius 3 is 2.62 bits per heavy atom. The van der Waals surface area contributed by atoms with Crippen LogP contribution in [-0.4, -0.2) is 7.11 Å². The van der Waals surface area contributed by atoms with Gasteiger partial charge in [0, 0.05) is 6.54 Å². The van der Waals surface area contributed by atoms with Gasteiger partial charge in [0.1, 0.15) is 5.82 Å². The highest BCUT2D eigenvalue weighted by molar-refractivity contribution is 5.31. The van der Waals surface area contributed by atoms with Crippen molar-refractivity contribution < 1.29 is 9.23 Å². The minimum absolute atomic E-state index is 0.154. The molecule has 0 fully saturated rings. The van der Waals surface area contributed by atoms with Crippen molar-refractivity contribution in [2.75, 3.05) is 7.11 Å². The molecule has 0 saturated carbocycles. The van der Waals surface area contributed by atoms with E-state index in [1.807, 2.05) is 13.0 Å². The highest BCUT2D eigenvalue weighted by atomic mass is 19.1. The first-order chi connectivity index (χ1) is 6.15. The molecule has 1 aromatic carbocycles. The van der Waals surface area contributed by atoms with Crippen molar-refractivity contribution >= 4 is 0 Å². The summed E-state index contributed by atoms with van der Waals surface area (Å²) in [7, 11) is 1.56. The van der Waals surface area contributed by atoms with Gasteiger partial charge in [-0.1, -0.05) is 6.07 Å². The first kappa shape index (κ1) is 10.2. The van der Waals surface area contributed by atoms with Gasteiger partial charge in [0.25, 0.3) is 0 Å². The third-order valence-corrected chi connectivity index (χ3v) is 2.02. The standard InChI is InChI=1S/C10H14FNO/c1-7-5-10(11)8(2)4-9(7)6-12-13-3/h4-5,12H,6H2,1-3H3. The smallest absolute Gasteiger partial charge is 0.126 e. The van der Waals surface area contributed by atoms with Gasteiger partial charge < -0.3 is 4.84 Å². The summed E-state index contributed by atoms with van der Waals surface area (Å²) >= 11 is 0. The SMILES string of the molecule is CONCc1cc(C)c(F)cc1C. The van der Waals surface area contributed by atoms with E-state index in [1.54, 1.807) is 20.1 Å². The van der Waals surface area contributed by atoms with E-state index in [1.165, 1.54) is 0 Å². The number of halogens is 1. The van der Waals surface area contributed by atoms with E-state index < -0.39 is 0 Å². The van der Waals surface area contributed by atoms with Gasteiger partial charge in [-0.05, 0) is 36.6 Å². The van der Waals surface area contributed by atoms with E-state index in [2.05, 4.69) is 5.48 Å². The van der Waals surface area contributed by atoms with Gasteiger partial charge in [-0.25, -0.2) is 4.39 Å². The van der Waals surface area contributed by atoms with Crippen molar-refractivity contribution in [3.63, 3.8) is 0 Å². The summed E-state index contributed by atoms with van der Waals surface area (Å²) < 4.78 is 13.0. The first-order valence-corrected chi connectivity index (χ1v) is 4.16. The number of benzene rings is 1. The third-order valence-electron chi connectivity index (χ3n) is 2.02. The second-order valence-corrected chi connectivity index (χ2v) is 3.05. The van der Waals surface area contributed by atoms with Crippen LogP contribution in [0.2, 0.25) is 0 Å². The van der Waals surface area contributed by atoms with Crippen molar-refractivity contribution in [2.24, 2.45) is 0 Å². The fourth-order valence-electron chi connectivity index (χ4n) is 1.18. The van der Waals surface area contributed by atoms with Crippen LogP contribution in [0.4, 0.5) is 4.39 Å². The quantitative estimate of drug-likeness (QED) is 0.724. The van der Waals surface area contributed by atoms with Crippen LogP contribution in [0, 0.1) is 19.7 Å². The maximum Gasteiger partial charge on any atom is 0.126 e. The largest absolute Gasteiger partial charge is 0.305 e. The molecule has 1 N–H and O–H groups in total. The molecule has 13 heavy (non-hydrogen) atoms. The van der Waals surface area contributed by atoms with E-state index in [0.717, 1.165) is 11.1 Å². The van der Waals surface area contributed by atoms with E-state index in [-0.39, 0.29) is 5.82 Å².